The molecule has 0 aliphatic rings. The van der Waals surface area contributed by atoms with Crippen molar-refractivity contribution >= 4 is 13.8 Å². The molecule has 320 valence electrons. The Labute approximate surface area is 334 Å². The molecule has 9 heteroatoms. The van der Waals surface area contributed by atoms with Crippen molar-refractivity contribution in [2.24, 2.45) is 0 Å². The highest BCUT2D eigenvalue weighted by Gasteiger charge is 2.26. The van der Waals surface area contributed by atoms with E-state index in [4.69, 9.17) is 18.5 Å². The first kappa shape index (κ1) is 53.0. The lowest BCUT2D eigenvalue weighted by Crippen LogP contribution is -2.37. The Morgan fingerprint density at radius 1 is 0.574 bits per heavy atom. The fourth-order valence-corrected chi connectivity index (χ4v) is 6.97. The Morgan fingerprint density at radius 2 is 1.02 bits per heavy atom. The number of ether oxygens (including phenoxy) is 2. The van der Waals surface area contributed by atoms with E-state index in [0.717, 1.165) is 38.5 Å². The van der Waals surface area contributed by atoms with E-state index in [1.165, 1.54) is 141 Å². The third kappa shape index (κ3) is 42.1. The van der Waals surface area contributed by atoms with E-state index in [1.807, 2.05) is 21.1 Å². The highest BCUT2D eigenvalue weighted by atomic mass is 31.2. The molecule has 0 aromatic heterocycles. The van der Waals surface area contributed by atoms with Crippen molar-refractivity contribution in [1.82, 2.24) is 0 Å². The van der Waals surface area contributed by atoms with Gasteiger partial charge in [0.2, 0.25) is 0 Å². The number of carbonyl (C=O) groups is 1. The molecule has 0 radical (unpaired) electrons. The maximum absolute atomic E-state index is 12.7. The molecule has 0 aliphatic carbocycles. The summed E-state index contributed by atoms with van der Waals surface area (Å²) in [5.41, 5.74) is 0. The highest BCUT2D eigenvalue weighted by Crippen LogP contribution is 2.43. The quantitative estimate of drug-likeness (QED) is 0.0217. The molecule has 8 nitrogen and oxygen atoms in total. The van der Waals surface area contributed by atoms with Gasteiger partial charge in [0, 0.05) is 13.0 Å². The van der Waals surface area contributed by atoms with Gasteiger partial charge < -0.3 is 18.9 Å². The Morgan fingerprint density at radius 3 is 1.52 bits per heavy atom. The molecule has 0 aromatic rings. The number of quaternary nitrogens is 1. The number of carbonyl (C=O) groups excluding carboxylic acids is 1. The SMILES string of the molecule is CCCCCC/C=C\C/C=C\CCCCCCCCCCOCC(COP(=O)(O)OCC[N+](C)(C)C)OC(=O)CCCCCCCCCCCCCCC. The third-order valence-electron chi connectivity index (χ3n) is 9.77. The van der Waals surface area contributed by atoms with Crippen LogP contribution < -0.4 is 0 Å². The van der Waals surface area contributed by atoms with Gasteiger partial charge in [0.15, 0.2) is 0 Å². The molecule has 2 atom stereocenters. The van der Waals surface area contributed by atoms with Crippen LogP contribution in [0, 0.1) is 0 Å². The van der Waals surface area contributed by atoms with Crippen LogP contribution in [0.1, 0.15) is 200 Å². The maximum atomic E-state index is 12.7. The topological polar surface area (TPSA) is 91.3 Å². The van der Waals surface area contributed by atoms with Crippen molar-refractivity contribution in [3.63, 3.8) is 0 Å². The standard InChI is InChI=1S/C45H88NO7P/c1-6-8-10-12-14-16-18-20-21-22-23-24-25-27-29-31-33-35-37-40-50-42-44(43-52-54(48,49)51-41-39-46(3,4)5)53-45(47)38-36-34-32-30-28-26-19-17-15-13-11-9-7-2/h16,18,21-22,44H,6-15,17,19-20,23-43H2,1-5H3/p+1/b18-16-,22-21-. The lowest BCUT2D eigenvalue weighted by atomic mass is 10.0. The van der Waals surface area contributed by atoms with Gasteiger partial charge in [0.1, 0.15) is 19.3 Å². The number of unbranched alkanes of at least 4 members (excludes halogenated alkanes) is 24. The first-order chi connectivity index (χ1) is 26.1. The van der Waals surface area contributed by atoms with Gasteiger partial charge in [-0.2, -0.15) is 0 Å². The van der Waals surface area contributed by atoms with Crippen molar-refractivity contribution in [3.8, 4) is 0 Å². The van der Waals surface area contributed by atoms with Crippen LogP contribution >= 0.6 is 7.82 Å². The van der Waals surface area contributed by atoms with Gasteiger partial charge in [0.05, 0.1) is 34.4 Å². The van der Waals surface area contributed by atoms with Crippen LogP contribution in [0.15, 0.2) is 24.3 Å². The number of phosphoric ester groups is 1. The van der Waals surface area contributed by atoms with E-state index in [9.17, 15) is 14.3 Å². The minimum absolute atomic E-state index is 0.0893. The third-order valence-corrected chi connectivity index (χ3v) is 10.7. The Balaban J connectivity index is 4.19. The van der Waals surface area contributed by atoms with Crippen molar-refractivity contribution in [2.75, 3.05) is 54.1 Å². The van der Waals surface area contributed by atoms with Crippen LogP contribution in [0.3, 0.4) is 0 Å². The largest absolute Gasteiger partial charge is 0.472 e. The fourth-order valence-electron chi connectivity index (χ4n) is 6.23. The minimum Gasteiger partial charge on any atom is -0.457 e. The number of hydrogen-bond donors (Lipinski definition) is 1. The molecule has 0 saturated carbocycles. The van der Waals surface area contributed by atoms with Gasteiger partial charge >= 0.3 is 13.8 Å². The molecule has 0 rings (SSSR count). The minimum atomic E-state index is -4.27. The second-order valence-corrected chi connectivity index (χ2v) is 17.9. The zero-order valence-electron chi connectivity index (χ0n) is 36.2. The number of allylic oxidation sites excluding steroid dienone is 4. The van der Waals surface area contributed by atoms with Crippen LogP contribution in [0.25, 0.3) is 0 Å². The number of nitrogens with zero attached hydrogens (tertiary/aromatic N) is 1. The zero-order chi connectivity index (χ0) is 39.9. The van der Waals surface area contributed by atoms with Crippen molar-refractivity contribution in [2.45, 2.75) is 206 Å². The van der Waals surface area contributed by atoms with E-state index in [0.29, 0.717) is 24.1 Å². The normalized spacial score (nSPS) is 14.0. The molecule has 0 heterocycles. The predicted octanol–water partition coefficient (Wildman–Crippen LogP) is 13.2. The molecule has 0 aliphatic heterocycles. The van der Waals surface area contributed by atoms with Gasteiger partial charge in [-0.1, -0.05) is 173 Å². The van der Waals surface area contributed by atoms with E-state index < -0.39 is 13.9 Å². The van der Waals surface area contributed by atoms with E-state index in [2.05, 4.69) is 38.2 Å². The molecular weight excluding hydrogens is 697 g/mol. The van der Waals surface area contributed by atoms with Crippen molar-refractivity contribution < 1.29 is 37.3 Å². The van der Waals surface area contributed by atoms with Crippen LogP contribution in [0.2, 0.25) is 0 Å². The number of rotatable bonds is 42. The van der Waals surface area contributed by atoms with Crippen LogP contribution in [-0.2, 0) is 27.9 Å². The Kier molecular flexibility index (Phi) is 38.1. The molecule has 2 unspecified atom stereocenters. The van der Waals surface area contributed by atoms with Crippen LogP contribution in [0.4, 0.5) is 0 Å². The molecule has 0 saturated heterocycles. The van der Waals surface area contributed by atoms with Gasteiger partial charge in [-0.25, -0.2) is 4.57 Å². The number of phosphoric acid groups is 1. The molecule has 0 aromatic carbocycles. The maximum Gasteiger partial charge on any atom is 0.472 e. The lowest BCUT2D eigenvalue weighted by Gasteiger charge is -2.24. The Bertz CT molecular complexity index is 920. The molecule has 0 bridgehead atoms. The Hall–Kier alpha value is -1.02. The van der Waals surface area contributed by atoms with Gasteiger partial charge in [-0.3, -0.25) is 13.8 Å². The summed E-state index contributed by atoms with van der Waals surface area (Å²) < 4.78 is 35.0. The number of likely N-dealkylation sites (N-methyl/N-ethyl adjacent to an activating group) is 1. The lowest BCUT2D eigenvalue weighted by molar-refractivity contribution is -0.870. The fraction of sp³-hybridized carbons (Fsp3) is 0.889. The summed E-state index contributed by atoms with van der Waals surface area (Å²) >= 11 is 0. The van der Waals surface area contributed by atoms with Gasteiger partial charge in [0.25, 0.3) is 0 Å². The predicted molar refractivity (Wildman–Crippen MR) is 229 cm³/mol. The van der Waals surface area contributed by atoms with Gasteiger partial charge in [-0.05, 0) is 44.9 Å². The van der Waals surface area contributed by atoms with Gasteiger partial charge in [-0.15, -0.1) is 0 Å². The van der Waals surface area contributed by atoms with Crippen LogP contribution in [0.5, 0.6) is 0 Å². The molecule has 54 heavy (non-hydrogen) atoms. The number of esters is 1. The van der Waals surface area contributed by atoms with Crippen molar-refractivity contribution in [3.05, 3.63) is 24.3 Å². The summed E-state index contributed by atoms with van der Waals surface area (Å²) in [6.07, 6.45) is 43.5. The second-order valence-electron chi connectivity index (χ2n) is 16.4. The van der Waals surface area contributed by atoms with E-state index in [-0.39, 0.29) is 25.8 Å². The molecular formula is C45H89NO7P+. The molecule has 0 spiro atoms. The second kappa shape index (κ2) is 38.8. The van der Waals surface area contributed by atoms with Crippen LogP contribution in [-0.4, -0.2) is 75.6 Å². The summed E-state index contributed by atoms with van der Waals surface area (Å²) in [5, 5.41) is 0. The first-order valence-electron chi connectivity index (χ1n) is 22.6. The average Bonchev–Trinajstić information content (AvgIpc) is 3.12. The smallest absolute Gasteiger partial charge is 0.457 e. The summed E-state index contributed by atoms with van der Waals surface area (Å²) in [4.78, 5) is 22.9. The van der Waals surface area contributed by atoms with Crippen molar-refractivity contribution in [1.29, 1.82) is 0 Å². The molecule has 1 N–H and O–H groups in total. The highest BCUT2D eigenvalue weighted by molar-refractivity contribution is 7.47. The zero-order valence-corrected chi connectivity index (χ0v) is 37.1. The summed E-state index contributed by atoms with van der Waals surface area (Å²) in [6.45, 7) is 5.62. The van der Waals surface area contributed by atoms with E-state index in [1.54, 1.807) is 0 Å². The monoisotopic (exact) mass is 787 g/mol. The molecule has 0 amide bonds. The first-order valence-corrected chi connectivity index (χ1v) is 24.1. The average molecular weight is 787 g/mol. The van der Waals surface area contributed by atoms with E-state index >= 15 is 0 Å². The summed E-state index contributed by atoms with van der Waals surface area (Å²) in [5.74, 6) is -0.314. The molecule has 0 fully saturated rings. The number of hydrogen-bond acceptors (Lipinski definition) is 6. The summed E-state index contributed by atoms with van der Waals surface area (Å²) in [7, 11) is 1.67. The summed E-state index contributed by atoms with van der Waals surface area (Å²) in [6, 6.07) is 0.